The Morgan fingerprint density at radius 1 is 1.67 bits per heavy atom. The SMILES string of the molecule is C#C[C@]1(COC(=O)NC(C)C)OC(n2cnc3c(N)nc(F)nc32)C[C@@H]1O. The van der Waals surface area contributed by atoms with Gasteiger partial charge >= 0.3 is 12.2 Å². The van der Waals surface area contributed by atoms with Crippen molar-refractivity contribution < 1.29 is 23.8 Å². The number of carbonyl (C=O) groups excluding carboxylic acids is 1. The zero-order valence-corrected chi connectivity index (χ0v) is 14.7. The van der Waals surface area contributed by atoms with Gasteiger partial charge in [-0.2, -0.15) is 14.4 Å². The lowest BCUT2D eigenvalue weighted by molar-refractivity contribution is -0.0911. The molecule has 0 aliphatic carbocycles. The minimum absolute atomic E-state index is 0.0519. The zero-order valence-electron chi connectivity index (χ0n) is 14.7. The summed E-state index contributed by atoms with van der Waals surface area (Å²) in [5.74, 6) is 2.24. The number of fused-ring (bicyclic) bond motifs is 1. The third-order valence-electron chi connectivity index (χ3n) is 4.11. The molecule has 2 aromatic heterocycles. The van der Waals surface area contributed by atoms with Gasteiger partial charge in [-0.3, -0.25) is 4.57 Å². The molecule has 0 radical (unpaired) electrons. The number of nitrogens with one attached hydrogen (secondary N) is 1. The van der Waals surface area contributed by atoms with E-state index in [1.165, 1.54) is 10.9 Å². The Morgan fingerprint density at radius 2 is 2.41 bits per heavy atom. The largest absolute Gasteiger partial charge is 0.445 e. The number of aliphatic hydroxyl groups is 1. The second-order valence-electron chi connectivity index (χ2n) is 6.43. The van der Waals surface area contributed by atoms with Crippen molar-refractivity contribution in [3.63, 3.8) is 0 Å². The van der Waals surface area contributed by atoms with Gasteiger partial charge < -0.3 is 25.6 Å². The van der Waals surface area contributed by atoms with E-state index in [1.807, 2.05) is 0 Å². The van der Waals surface area contributed by atoms with Crippen LogP contribution < -0.4 is 11.1 Å². The Balaban J connectivity index is 1.83. The van der Waals surface area contributed by atoms with Gasteiger partial charge in [0.25, 0.3) is 0 Å². The van der Waals surface area contributed by atoms with Crippen molar-refractivity contribution in [1.29, 1.82) is 0 Å². The fourth-order valence-corrected chi connectivity index (χ4v) is 2.79. The normalized spacial score (nSPS) is 24.9. The van der Waals surface area contributed by atoms with E-state index in [9.17, 15) is 14.3 Å². The Morgan fingerprint density at radius 3 is 3.07 bits per heavy atom. The number of ether oxygens (including phenoxy) is 2. The predicted octanol–water partition coefficient (Wildman–Crippen LogP) is 0.334. The Labute approximate surface area is 153 Å². The molecule has 0 spiro atoms. The molecular weight excluding hydrogens is 359 g/mol. The maximum absolute atomic E-state index is 13.5. The van der Waals surface area contributed by atoms with E-state index in [0.717, 1.165) is 0 Å². The molecule has 1 aliphatic heterocycles. The van der Waals surface area contributed by atoms with Crippen molar-refractivity contribution >= 4 is 23.1 Å². The number of aromatic nitrogens is 4. The highest BCUT2D eigenvalue weighted by molar-refractivity contribution is 5.81. The first-order valence-electron chi connectivity index (χ1n) is 8.18. The molecule has 3 heterocycles. The van der Waals surface area contributed by atoms with E-state index in [1.54, 1.807) is 13.8 Å². The van der Waals surface area contributed by atoms with Gasteiger partial charge in [0.2, 0.25) is 0 Å². The number of hydrogen-bond acceptors (Lipinski definition) is 8. The van der Waals surface area contributed by atoms with E-state index < -0.39 is 30.1 Å². The maximum atomic E-state index is 13.5. The fourth-order valence-electron chi connectivity index (χ4n) is 2.79. The maximum Gasteiger partial charge on any atom is 0.407 e. The summed E-state index contributed by atoms with van der Waals surface area (Å²) in [4.78, 5) is 22.8. The molecule has 4 N–H and O–H groups in total. The number of terminal acetylenes is 1. The molecule has 3 rings (SSSR count). The number of rotatable bonds is 4. The topological polar surface area (TPSA) is 137 Å². The molecule has 1 aliphatic rings. The standard InChI is InChI=1S/C16H19FN6O4/c1-4-16(6-26-15(25)20-8(2)3)9(24)5-10(27-16)23-7-19-11-12(18)21-14(17)22-13(11)23/h1,7-10,24H,5-6H2,2-3H3,(H,20,25)(H2,18,21,22)/t9-,10?,16+/m0/s1. The molecule has 27 heavy (non-hydrogen) atoms. The van der Waals surface area contributed by atoms with Gasteiger partial charge in [-0.05, 0) is 13.8 Å². The summed E-state index contributed by atoms with van der Waals surface area (Å²) >= 11 is 0. The average Bonchev–Trinajstić information content (AvgIpc) is 3.14. The van der Waals surface area contributed by atoms with Gasteiger partial charge in [0.15, 0.2) is 22.6 Å². The van der Waals surface area contributed by atoms with E-state index in [-0.39, 0.29) is 36.1 Å². The number of anilines is 1. The van der Waals surface area contributed by atoms with Gasteiger partial charge in [0.1, 0.15) is 18.9 Å². The number of nitrogens with two attached hydrogens (primary N) is 1. The Hall–Kier alpha value is -2.97. The van der Waals surface area contributed by atoms with Crippen LogP contribution >= 0.6 is 0 Å². The summed E-state index contributed by atoms with van der Waals surface area (Å²) in [5, 5.41) is 13.0. The molecule has 0 bridgehead atoms. The molecular formula is C16H19FN6O4. The summed E-state index contributed by atoms with van der Waals surface area (Å²) in [7, 11) is 0. The average molecular weight is 378 g/mol. The number of aliphatic hydroxyl groups excluding tert-OH is 1. The zero-order chi connectivity index (χ0) is 19.8. The minimum Gasteiger partial charge on any atom is -0.445 e. The number of halogens is 1. The predicted molar refractivity (Wildman–Crippen MR) is 91.6 cm³/mol. The highest BCUT2D eigenvalue weighted by Crippen LogP contribution is 2.38. The van der Waals surface area contributed by atoms with Gasteiger partial charge in [-0.1, -0.05) is 5.92 Å². The lowest BCUT2D eigenvalue weighted by atomic mass is 9.99. The highest BCUT2D eigenvalue weighted by atomic mass is 19.1. The molecule has 3 atom stereocenters. The second kappa shape index (κ2) is 6.98. The number of carbonyl (C=O) groups is 1. The fraction of sp³-hybridized carbons (Fsp3) is 0.500. The Bertz CT molecular complexity index is 910. The van der Waals surface area contributed by atoms with Crippen molar-refractivity contribution in [2.45, 2.75) is 44.2 Å². The van der Waals surface area contributed by atoms with Crippen LogP contribution in [0.25, 0.3) is 11.2 Å². The summed E-state index contributed by atoms with van der Waals surface area (Å²) in [6, 6.07) is -0.126. The van der Waals surface area contributed by atoms with Gasteiger partial charge in [-0.15, -0.1) is 6.42 Å². The highest BCUT2D eigenvalue weighted by Gasteiger charge is 2.49. The van der Waals surface area contributed by atoms with E-state index in [4.69, 9.17) is 21.6 Å². The first-order chi connectivity index (χ1) is 12.8. The molecule has 144 valence electrons. The molecule has 0 saturated carbocycles. The molecule has 0 aromatic carbocycles. The van der Waals surface area contributed by atoms with Crippen molar-refractivity contribution in [2.75, 3.05) is 12.3 Å². The van der Waals surface area contributed by atoms with Crippen LogP contribution in [0.5, 0.6) is 0 Å². The van der Waals surface area contributed by atoms with Crippen LogP contribution in [0.4, 0.5) is 15.0 Å². The first-order valence-corrected chi connectivity index (χ1v) is 8.18. The molecule has 1 amide bonds. The van der Waals surface area contributed by atoms with Crippen LogP contribution in [-0.4, -0.2) is 55.1 Å². The third-order valence-corrected chi connectivity index (χ3v) is 4.11. The minimum atomic E-state index is -1.56. The first kappa shape index (κ1) is 18.8. The lowest BCUT2D eigenvalue weighted by Gasteiger charge is -2.26. The monoisotopic (exact) mass is 378 g/mol. The third kappa shape index (κ3) is 3.49. The number of amides is 1. The van der Waals surface area contributed by atoms with Gasteiger partial charge in [-0.25, -0.2) is 9.78 Å². The summed E-state index contributed by atoms with van der Waals surface area (Å²) < 4.78 is 25.8. The number of alkyl carbamates (subject to hydrolysis) is 1. The van der Waals surface area contributed by atoms with E-state index in [2.05, 4.69) is 26.2 Å². The van der Waals surface area contributed by atoms with Crippen molar-refractivity contribution in [1.82, 2.24) is 24.8 Å². The van der Waals surface area contributed by atoms with Crippen LogP contribution in [0.1, 0.15) is 26.5 Å². The van der Waals surface area contributed by atoms with Gasteiger partial charge in [0.05, 0.1) is 6.33 Å². The van der Waals surface area contributed by atoms with Crippen molar-refractivity contribution in [3.8, 4) is 12.3 Å². The summed E-state index contributed by atoms with van der Waals surface area (Å²) in [5.41, 5.74) is 4.37. The van der Waals surface area contributed by atoms with E-state index >= 15 is 0 Å². The number of hydrogen-bond donors (Lipinski definition) is 3. The Kier molecular flexibility index (Phi) is 4.86. The summed E-state index contributed by atoms with van der Waals surface area (Å²) in [6.45, 7) is 3.18. The van der Waals surface area contributed by atoms with Crippen LogP contribution in [0.3, 0.4) is 0 Å². The number of imidazole rings is 1. The van der Waals surface area contributed by atoms with Crippen molar-refractivity contribution in [3.05, 3.63) is 12.4 Å². The summed E-state index contributed by atoms with van der Waals surface area (Å²) in [6.07, 6.45) is 3.28. The molecule has 1 saturated heterocycles. The number of nitrogens with zero attached hydrogens (tertiary/aromatic N) is 4. The van der Waals surface area contributed by atoms with Gasteiger partial charge in [0, 0.05) is 12.5 Å². The number of nitrogen functional groups attached to an aromatic ring is 1. The van der Waals surface area contributed by atoms with Crippen LogP contribution in [0, 0.1) is 18.4 Å². The quantitative estimate of drug-likeness (QED) is 0.511. The van der Waals surface area contributed by atoms with Crippen LogP contribution in [0.2, 0.25) is 0 Å². The van der Waals surface area contributed by atoms with Crippen LogP contribution in [-0.2, 0) is 9.47 Å². The molecule has 1 fully saturated rings. The van der Waals surface area contributed by atoms with Crippen molar-refractivity contribution in [2.24, 2.45) is 0 Å². The molecule has 2 aromatic rings. The van der Waals surface area contributed by atoms with E-state index in [0.29, 0.717) is 0 Å². The lowest BCUT2D eigenvalue weighted by Crippen LogP contribution is -2.44. The molecule has 10 nitrogen and oxygen atoms in total. The molecule has 1 unspecified atom stereocenters. The van der Waals surface area contributed by atoms with Crippen LogP contribution in [0.15, 0.2) is 6.33 Å². The second-order valence-corrected chi connectivity index (χ2v) is 6.43. The smallest absolute Gasteiger partial charge is 0.407 e. The molecule has 11 heteroatoms.